The van der Waals surface area contributed by atoms with Crippen molar-refractivity contribution in [2.24, 2.45) is 0 Å². The minimum atomic E-state index is -0.853. The average Bonchev–Trinajstić information content (AvgIpc) is 2.41. The lowest BCUT2D eigenvalue weighted by molar-refractivity contribution is -0.126. The van der Waals surface area contributed by atoms with Crippen LogP contribution in [0.2, 0.25) is 0 Å². The third kappa shape index (κ3) is 4.34. The van der Waals surface area contributed by atoms with Crippen molar-refractivity contribution in [1.82, 2.24) is 10.6 Å². The monoisotopic (exact) mass is 281 g/mol. The van der Waals surface area contributed by atoms with Crippen molar-refractivity contribution < 1.29 is 19.1 Å². The molecule has 0 aliphatic carbocycles. The molecule has 1 unspecified atom stereocenters. The van der Waals surface area contributed by atoms with Gasteiger partial charge in [0.1, 0.15) is 11.5 Å². The third-order valence-electron chi connectivity index (χ3n) is 2.46. The second-order valence-corrected chi connectivity index (χ2v) is 4.01. The van der Waals surface area contributed by atoms with Gasteiger partial charge in [0.25, 0.3) is 5.91 Å². The van der Waals surface area contributed by atoms with E-state index in [9.17, 15) is 9.59 Å². The van der Waals surface area contributed by atoms with Gasteiger partial charge in [0.05, 0.1) is 12.8 Å². The van der Waals surface area contributed by atoms with Crippen LogP contribution in [0.3, 0.4) is 0 Å². The second kappa shape index (κ2) is 7.22. The van der Waals surface area contributed by atoms with Gasteiger partial charge in [-0.1, -0.05) is 0 Å². The first kappa shape index (κ1) is 15.6. The maximum atomic E-state index is 11.7. The number of amides is 3. The Kier molecular flexibility index (Phi) is 5.64. The Bertz CT molecular complexity index is 491. The number of nitrogens with one attached hydrogen (secondary N) is 2. The number of hydrogen-bond donors (Lipinski definition) is 3. The van der Waals surface area contributed by atoms with Crippen molar-refractivity contribution in [3.8, 4) is 11.5 Å². The Morgan fingerprint density at radius 2 is 2.10 bits per heavy atom. The fourth-order valence-electron chi connectivity index (χ4n) is 1.42. The molecule has 110 valence electrons. The first-order valence-corrected chi connectivity index (χ1v) is 6.16. The van der Waals surface area contributed by atoms with E-state index in [1.807, 2.05) is 0 Å². The van der Waals surface area contributed by atoms with E-state index in [0.717, 1.165) is 0 Å². The number of ether oxygens (including phenoxy) is 2. The van der Waals surface area contributed by atoms with Gasteiger partial charge < -0.3 is 20.5 Å². The predicted octanol–water partition coefficient (Wildman–Crippen LogP) is 0.890. The van der Waals surface area contributed by atoms with Crippen molar-refractivity contribution >= 4 is 17.6 Å². The fraction of sp³-hybridized carbons (Fsp3) is 0.385. The molecule has 0 saturated heterocycles. The van der Waals surface area contributed by atoms with Gasteiger partial charge in [-0.25, -0.2) is 4.79 Å². The topological polar surface area (TPSA) is 103 Å². The van der Waals surface area contributed by atoms with Crippen LogP contribution in [0.25, 0.3) is 0 Å². The largest absolute Gasteiger partial charge is 0.497 e. The first-order valence-electron chi connectivity index (χ1n) is 6.16. The number of rotatable bonds is 5. The summed E-state index contributed by atoms with van der Waals surface area (Å²) in [6.45, 7) is 3.71. The summed E-state index contributed by atoms with van der Waals surface area (Å²) >= 11 is 0. The zero-order chi connectivity index (χ0) is 15.1. The SMILES string of the molecule is CCNC(=O)NC(=O)C(C)Oc1ccc(OC)cc1N. The summed E-state index contributed by atoms with van der Waals surface area (Å²) in [5, 5.41) is 4.62. The summed E-state index contributed by atoms with van der Waals surface area (Å²) in [5.74, 6) is 0.393. The molecule has 4 N–H and O–H groups in total. The fourth-order valence-corrected chi connectivity index (χ4v) is 1.42. The molecule has 0 aliphatic rings. The van der Waals surface area contributed by atoms with Crippen LogP contribution in [0.15, 0.2) is 18.2 Å². The van der Waals surface area contributed by atoms with Crippen LogP contribution in [-0.4, -0.2) is 31.7 Å². The van der Waals surface area contributed by atoms with Gasteiger partial charge in [-0.05, 0) is 26.0 Å². The van der Waals surface area contributed by atoms with E-state index in [1.54, 1.807) is 25.1 Å². The van der Waals surface area contributed by atoms with Gasteiger partial charge >= 0.3 is 6.03 Å². The van der Waals surface area contributed by atoms with Gasteiger partial charge in [-0.3, -0.25) is 10.1 Å². The molecule has 1 aromatic rings. The molecule has 0 radical (unpaired) electrons. The maximum absolute atomic E-state index is 11.7. The maximum Gasteiger partial charge on any atom is 0.321 e. The third-order valence-corrected chi connectivity index (χ3v) is 2.46. The molecule has 7 nitrogen and oxygen atoms in total. The van der Waals surface area contributed by atoms with Crippen LogP contribution in [0.5, 0.6) is 11.5 Å². The molecule has 1 atom stereocenters. The summed E-state index contributed by atoms with van der Waals surface area (Å²) in [4.78, 5) is 22.9. The highest BCUT2D eigenvalue weighted by Gasteiger charge is 2.18. The number of urea groups is 1. The second-order valence-electron chi connectivity index (χ2n) is 4.01. The summed E-state index contributed by atoms with van der Waals surface area (Å²) in [5.41, 5.74) is 6.13. The lowest BCUT2D eigenvalue weighted by atomic mass is 10.2. The van der Waals surface area contributed by atoms with Crippen molar-refractivity contribution in [1.29, 1.82) is 0 Å². The van der Waals surface area contributed by atoms with Gasteiger partial charge in [0, 0.05) is 12.6 Å². The zero-order valence-corrected chi connectivity index (χ0v) is 11.7. The highest BCUT2D eigenvalue weighted by molar-refractivity contribution is 5.96. The molecule has 0 spiro atoms. The minimum Gasteiger partial charge on any atom is -0.497 e. The van der Waals surface area contributed by atoms with Crippen molar-refractivity contribution in [3.05, 3.63) is 18.2 Å². The van der Waals surface area contributed by atoms with E-state index >= 15 is 0 Å². The highest BCUT2D eigenvalue weighted by Crippen LogP contribution is 2.27. The number of nitrogens with two attached hydrogens (primary N) is 1. The van der Waals surface area contributed by atoms with Crippen LogP contribution < -0.4 is 25.8 Å². The van der Waals surface area contributed by atoms with Crippen molar-refractivity contribution in [2.45, 2.75) is 20.0 Å². The van der Waals surface area contributed by atoms with E-state index in [1.165, 1.54) is 14.0 Å². The van der Waals surface area contributed by atoms with E-state index < -0.39 is 18.0 Å². The number of carbonyl (C=O) groups excluding carboxylic acids is 2. The van der Waals surface area contributed by atoms with E-state index in [-0.39, 0.29) is 0 Å². The lowest BCUT2D eigenvalue weighted by Crippen LogP contribution is -2.45. The molecule has 1 rings (SSSR count). The number of anilines is 1. The lowest BCUT2D eigenvalue weighted by Gasteiger charge is -2.16. The molecular formula is C13H19N3O4. The average molecular weight is 281 g/mol. The molecule has 0 bridgehead atoms. The molecular weight excluding hydrogens is 262 g/mol. The Labute approximate surface area is 117 Å². The van der Waals surface area contributed by atoms with Crippen molar-refractivity contribution in [2.75, 3.05) is 19.4 Å². The van der Waals surface area contributed by atoms with Gasteiger partial charge in [-0.15, -0.1) is 0 Å². The number of methoxy groups -OCH3 is 1. The Hall–Kier alpha value is -2.44. The molecule has 0 heterocycles. The zero-order valence-electron chi connectivity index (χ0n) is 11.7. The molecule has 1 aromatic carbocycles. The number of carbonyl (C=O) groups is 2. The number of nitrogen functional groups attached to an aromatic ring is 1. The molecule has 0 aliphatic heterocycles. The van der Waals surface area contributed by atoms with Gasteiger partial charge in [-0.2, -0.15) is 0 Å². The first-order chi connectivity index (χ1) is 9.47. The highest BCUT2D eigenvalue weighted by atomic mass is 16.5. The Morgan fingerprint density at radius 3 is 2.65 bits per heavy atom. The number of benzene rings is 1. The molecule has 0 saturated carbocycles. The normalized spacial score (nSPS) is 11.3. The quantitative estimate of drug-likeness (QED) is 0.696. The van der Waals surface area contributed by atoms with E-state index in [4.69, 9.17) is 15.2 Å². The molecule has 20 heavy (non-hydrogen) atoms. The Morgan fingerprint density at radius 1 is 1.40 bits per heavy atom. The minimum absolute atomic E-state index is 0.349. The molecule has 0 aromatic heterocycles. The van der Waals surface area contributed by atoms with Crippen LogP contribution in [-0.2, 0) is 4.79 Å². The van der Waals surface area contributed by atoms with E-state index in [0.29, 0.717) is 23.7 Å². The number of hydrogen-bond acceptors (Lipinski definition) is 5. The van der Waals surface area contributed by atoms with Gasteiger partial charge in [0.15, 0.2) is 6.10 Å². The molecule has 3 amide bonds. The van der Waals surface area contributed by atoms with Crippen LogP contribution in [0, 0.1) is 0 Å². The van der Waals surface area contributed by atoms with Crippen LogP contribution in [0.4, 0.5) is 10.5 Å². The van der Waals surface area contributed by atoms with E-state index in [2.05, 4.69) is 10.6 Å². The number of imide groups is 1. The van der Waals surface area contributed by atoms with Crippen LogP contribution >= 0.6 is 0 Å². The summed E-state index contributed by atoms with van der Waals surface area (Å²) < 4.78 is 10.4. The van der Waals surface area contributed by atoms with Gasteiger partial charge in [0.2, 0.25) is 0 Å². The standard InChI is InChI=1S/C13H19N3O4/c1-4-15-13(18)16-12(17)8(2)20-11-6-5-9(19-3)7-10(11)14/h5-8H,4,14H2,1-3H3,(H2,15,16,17,18). The predicted molar refractivity (Wildman–Crippen MR) is 74.7 cm³/mol. The molecule has 7 heteroatoms. The molecule has 0 fully saturated rings. The summed E-state index contributed by atoms with van der Waals surface area (Å²) in [6.07, 6.45) is -0.853. The van der Waals surface area contributed by atoms with Crippen molar-refractivity contribution in [3.63, 3.8) is 0 Å². The van der Waals surface area contributed by atoms with Crippen LogP contribution in [0.1, 0.15) is 13.8 Å². The summed E-state index contributed by atoms with van der Waals surface area (Å²) in [7, 11) is 1.53. The Balaban J connectivity index is 2.63. The smallest absolute Gasteiger partial charge is 0.321 e. The summed E-state index contributed by atoms with van der Waals surface area (Å²) in [6, 6.07) is 4.30.